The van der Waals surface area contributed by atoms with Gasteiger partial charge in [-0.2, -0.15) is 0 Å². The first-order valence-corrected chi connectivity index (χ1v) is 16.9. The number of fused-ring (bicyclic) bond motifs is 18. The molecule has 0 fully saturated rings. The van der Waals surface area contributed by atoms with Crippen LogP contribution >= 0.6 is 0 Å². The third kappa shape index (κ3) is 10.3. The Morgan fingerprint density at radius 1 is 0.880 bits per heavy atom. The molecule has 0 spiro atoms. The SMILES string of the molecule is CC[C@H](C)C1NC(=O)c2ccc(cc2)CN(C(=O)c2cccc(=O)[nH]2)CCCCNC(=O)[C@@H](C)NC(=O)[C@H](Cc2ccc(OC)cc2)NC1=O. The number of nitrogens with one attached hydrogen (secondary N) is 5. The zero-order valence-corrected chi connectivity index (χ0v) is 28.9. The molecule has 5 rings (SSSR count). The van der Waals surface area contributed by atoms with Crippen molar-refractivity contribution in [1.29, 1.82) is 0 Å². The van der Waals surface area contributed by atoms with Crippen LogP contribution in [0.15, 0.2) is 71.5 Å². The Hall–Kier alpha value is -5.46. The fourth-order valence-corrected chi connectivity index (χ4v) is 5.54. The van der Waals surface area contributed by atoms with Gasteiger partial charge in [0.2, 0.25) is 23.3 Å². The zero-order valence-electron chi connectivity index (χ0n) is 28.9. The third-order valence-corrected chi connectivity index (χ3v) is 8.80. The topological polar surface area (TPSA) is 179 Å². The Balaban J connectivity index is 1.62. The number of hydrogen-bond acceptors (Lipinski definition) is 7. The Morgan fingerprint density at radius 3 is 2.26 bits per heavy atom. The van der Waals surface area contributed by atoms with Crippen molar-refractivity contribution >= 4 is 29.5 Å². The summed E-state index contributed by atoms with van der Waals surface area (Å²) >= 11 is 0. The Bertz CT molecular complexity index is 1710. The van der Waals surface area contributed by atoms with Gasteiger partial charge < -0.3 is 35.9 Å². The molecule has 2 aliphatic heterocycles. The molecule has 13 nitrogen and oxygen atoms in total. The van der Waals surface area contributed by atoms with Crippen LogP contribution < -0.4 is 31.6 Å². The molecule has 4 atom stereocenters. The van der Waals surface area contributed by atoms with Crippen molar-refractivity contribution in [3.63, 3.8) is 0 Å². The highest BCUT2D eigenvalue weighted by atomic mass is 16.5. The first kappa shape index (κ1) is 37.4. The molecule has 0 aliphatic carbocycles. The zero-order chi connectivity index (χ0) is 36.2. The maximum Gasteiger partial charge on any atom is 0.270 e. The molecule has 5 amide bonds. The summed E-state index contributed by atoms with van der Waals surface area (Å²) in [5, 5.41) is 11.2. The number of aromatic amines is 1. The van der Waals surface area contributed by atoms with E-state index in [1.165, 1.54) is 18.2 Å². The number of rotatable bonds is 6. The van der Waals surface area contributed by atoms with E-state index in [2.05, 4.69) is 26.3 Å². The number of benzene rings is 2. The van der Waals surface area contributed by atoms with Gasteiger partial charge in [0.25, 0.3) is 11.8 Å². The van der Waals surface area contributed by atoms with E-state index in [0.29, 0.717) is 43.7 Å². The van der Waals surface area contributed by atoms with Crippen molar-refractivity contribution in [2.75, 3.05) is 20.2 Å². The molecule has 266 valence electrons. The molecule has 3 aromatic rings. The maximum atomic E-state index is 13.8. The predicted molar refractivity (Wildman–Crippen MR) is 187 cm³/mol. The highest BCUT2D eigenvalue weighted by Gasteiger charge is 2.31. The number of pyridine rings is 1. The van der Waals surface area contributed by atoms with Crippen LogP contribution in [0.1, 0.15) is 72.0 Å². The number of amides is 5. The highest BCUT2D eigenvalue weighted by molar-refractivity contribution is 5.99. The van der Waals surface area contributed by atoms with Crippen LogP contribution in [0.4, 0.5) is 0 Å². The third-order valence-electron chi connectivity index (χ3n) is 8.80. The Labute approximate surface area is 291 Å². The molecule has 50 heavy (non-hydrogen) atoms. The Morgan fingerprint density at radius 2 is 1.60 bits per heavy atom. The van der Waals surface area contributed by atoms with Gasteiger partial charge in [-0.25, -0.2) is 0 Å². The van der Waals surface area contributed by atoms with Crippen molar-refractivity contribution < 1.29 is 28.7 Å². The molecule has 2 aromatic carbocycles. The van der Waals surface area contributed by atoms with Crippen LogP contribution in [0.2, 0.25) is 0 Å². The van der Waals surface area contributed by atoms with E-state index in [4.69, 9.17) is 4.74 Å². The second-order valence-corrected chi connectivity index (χ2v) is 12.5. The van der Waals surface area contributed by atoms with E-state index >= 15 is 0 Å². The molecule has 1 aromatic heterocycles. The molecule has 0 saturated heterocycles. The van der Waals surface area contributed by atoms with E-state index in [-0.39, 0.29) is 30.5 Å². The van der Waals surface area contributed by atoms with Gasteiger partial charge in [0, 0.05) is 37.7 Å². The first-order valence-electron chi connectivity index (χ1n) is 16.9. The fourth-order valence-electron chi connectivity index (χ4n) is 5.54. The monoisotopic (exact) mass is 686 g/mol. The smallest absolute Gasteiger partial charge is 0.270 e. The van der Waals surface area contributed by atoms with E-state index in [1.807, 2.05) is 13.8 Å². The number of hydrogen-bond donors (Lipinski definition) is 5. The molecule has 2 bridgehead atoms. The van der Waals surface area contributed by atoms with Gasteiger partial charge in [0.1, 0.15) is 29.6 Å². The van der Waals surface area contributed by atoms with Crippen LogP contribution in [0.25, 0.3) is 0 Å². The quantitative estimate of drug-likeness (QED) is 0.247. The lowest BCUT2D eigenvalue weighted by Gasteiger charge is -2.27. The number of H-pyrrole nitrogens is 1. The number of carbonyl (C=O) groups is 5. The highest BCUT2D eigenvalue weighted by Crippen LogP contribution is 2.16. The van der Waals surface area contributed by atoms with Crippen molar-refractivity contribution in [3.05, 3.63) is 99.5 Å². The lowest BCUT2D eigenvalue weighted by molar-refractivity contribution is -0.132. The number of aromatic nitrogens is 1. The molecule has 0 radical (unpaired) electrons. The summed E-state index contributed by atoms with van der Waals surface area (Å²) in [5.41, 5.74) is 1.58. The lowest BCUT2D eigenvalue weighted by atomic mass is 9.96. The van der Waals surface area contributed by atoms with Gasteiger partial charge >= 0.3 is 0 Å². The summed E-state index contributed by atoms with van der Waals surface area (Å²) in [4.78, 5) is 83.3. The van der Waals surface area contributed by atoms with Crippen LogP contribution in [0.3, 0.4) is 0 Å². The number of methoxy groups -OCH3 is 1. The minimum absolute atomic E-state index is 0.130. The van der Waals surface area contributed by atoms with Crippen molar-refractivity contribution in [2.24, 2.45) is 5.92 Å². The van der Waals surface area contributed by atoms with Crippen LogP contribution in [0.5, 0.6) is 5.75 Å². The van der Waals surface area contributed by atoms with Gasteiger partial charge in [-0.3, -0.25) is 28.8 Å². The normalized spacial score (nSPS) is 20.4. The predicted octanol–water partition coefficient (Wildman–Crippen LogP) is 2.31. The van der Waals surface area contributed by atoms with Crippen LogP contribution in [-0.4, -0.2) is 77.7 Å². The first-order chi connectivity index (χ1) is 24.0. The summed E-state index contributed by atoms with van der Waals surface area (Å²) in [6.07, 6.45) is 1.77. The molecule has 2 aliphatic rings. The average Bonchev–Trinajstić information content (AvgIpc) is 3.12. The second-order valence-electron chi connectivity index (χ2n) is 12.5. The van der Waals surface area contributed by atoms with Gasteiger partial charge in [0.15, 0.2) is 0 Å². The Kier molecular flexibility index (Phi) is 13.3. The van der Waals surface area contributed by atoms with Gasteiger partial charge in [0.05, 0.1) is 7.11 Å². The molecule has 13 heteroatoms. The number of carbonyl (C=O) groups excluding carboxylic acids is 5. The largest absolute Gasteiger partial charge is 0.497 e. The van der Waals surface area contributed by atoms with Crippen molar-refractivity contribution in [3.8, 4) is 5.75 Å². The van der Waals surface area contributed by atoms with Crippen LogP contribution in [-0.2, 0) is 27.3 Å². The van der Waals surface area contributed by atoms with E-state index in [1.54, 1.807) is 67.5 Å². The van der Waals surface area contributed by atoms with E-state index in [0.717, 1.165) is 11.1 Å². The summed E-state index contributed by atoms with van der Waals surface area (Å²) < 4.78 is 5.24. The summed E-state index contributed by atoms with van der Waals surface area (Å²) in [6.45, 7) is 6.14. The van der Waals surface area contributed by atoms with Gasteiger partial charge in [-0.15, -0.1) is 0 Å². The van der Waals surface area contributed by atoms with Crippen LogP contribution in [0, 0.1) is 5.92 Å². The lowest BCUT2D eigenvalue weighted by Crippen LogP contribution is -2.58. The summed E-state index contributed by atoms with van der Waals surface area (Å²) in [7, 11) is 1.55. The minimum Gasteiger partial charge on any atom is -0.497 e. The molecule has 3 heterocycles. The summed E-state index contributed by atoms with van der Waals surface area (Å²) in [6, 6.07) is 15.3. The second kappa shape index (κ2) is 17.8. The molecule has 0 saturated carbocycles. The molecular weight excluding hydrogens is 640 g/mol. The van der Waals surface area contributed by atoms with Gasteiger partial charge in [-0.05, 0) is 67.1 Å². The van der Waals surface area contributed by atoms with E-state index in [9.17, 15) is 28.8 Å². The minimum atomic E-state index is -1.05. The summed E-state index contributed by atoms with van der Waals surface area (Å²) in [5.74, 6) is -1.97. The van der Waals surface area contributed by atoms with Crippen molar-refractivity contribution in [2.45, 2.75) is 71.1 Å². The van der Waals surface area contributed by atoms with Gasteiger partial charge in [-0.1, -0.05) is 50.6 Å². The molecule has 1 unspecified atom stereocenters. The standard InChI is InChI=1S/C37H46N6O7/c1-5-23(2)32-36(48)41-30(21-25-13-17-28(50-4)18-14-25)35(47)39-24(3)33(45)38-19-6-7-20-43(37(49)29-9-8-10-31(44)40-29)22-26-11-15-27(16-12-26)34(46)42-32/h8-18,23-24,30,32H,5-7,19-22H2,1-4H3,(H,38,45)(H,39,47)(H,40,44)(H,41,48)(H,42,46)/t23-,24+,30-,32?/m0/s1. The number of ether oxygens (including phenoxy) is 1. The molecule has 5 N–H and O–H groups in total. The molecular formula is C37H46N6O7. The fraction of sp³-hybridized carbons (Fsp3) is 0.405. The van der Waals surface area contributed by atoms with E-state index < -0.39 is 47.3 Å². The maximum absolute atomic E-state index is 13.8. The van der Waals surface area contributed by atoms with Crippen molar-refractivity contribution in [1.82, 2.24) is 31.2 Å². The number of nitrogens with zero attached hydrogens (tertiary/aromatic N) is 1. The average molecular weight is 687 g/mol.